The number of carbonyl (C=O) groups is 1. The maximum atomic E-state index is 12.9. The molecular weight excluding hydrogens is 590 g/mol. The van der Waals surface area contributed by atoms with E-state index in [9.17, 15) is 9.90 Å². The van der Waals surface area contributed by atoms with Gasteiger partial charge in [-0.05, 0) is 72.5 Å². The molecule has 4 aromatic carbocycles. The van der Waals surface area contributed by atoms with Gasteiger partial charge in [-0.25, -0.2) is 4.79 Å². The molecule has 1 saturated carbocycles. The van der Waals surface area contributed by atoms with Crippen molar-refractivity contribution in [3.8, 4) is 11.5 Å². The second kappa shape index (κ2) is 15.9. The van der Waals surface area contributed by atoms with Crippen LogP contribution in [0.15, 0.2) is 116 Å². The predicted octanol–water partition coefficient (Wildman–Crippen LogP) is 8.59. The van der Waals surface area contributed by atoms with Crippen molar-refractivity contribution in [3.63, 3.8) is 0 Å². The van der Waals surface area contributed by atoms with Gasteiger partial charge in [-0.1, -0.05) is 73.5 Å². The van der Waals surface area contributed by atoms with Crippen LogP contribution in [0.4, 0.5) is 16.2 Å². The number of benzene rings is 4. The van der Waals surface area contributed by atoms with Crippen molar-refractivity contribution >= 4 is 17.4 Å². The number of amides is 2. The van der Waals surface area contributed by atoms with Gasteiger partial charge in [-0.15, -0.1) is 6.58 Å². The fourth-order valence-electron chi connectivity index (χ4n) is 6.39. The Morgan fingerprint density at radius 3 is 2.30 bits per heavy atom. The van der Waals surface area contributed by atoms with E-state index in [0.717, 1.165) is 35.5 Å². The number of nitrogens with zero attached hydrogens (tertiary/aromatic N) is 1. The Kier molecular flexibility index (Phi) is 11.0. The number of ether oxygens (including phenoxy) is 3. The van der Waals surface area contributed by atoms with Crippen molar-refractivity contribution in [2.45, 2.75) is 63.3 Å². The summed E-state index contributed by atoms with van der Waals surface area (Å²) in [5, 5.41) is 15.4. The summed E-state index contributed by atoms with van der Waals surface area (Å²) in [4.78, 5) is 15.4. The van der Waals surface area contributed by atoms with Crippen molar-refractivity contribution in [2.24, 2.45) is 0 Å². The molecule has 8 nitrogen and oxygen atoms in total. The van der Waals surface area contributed by atoms with E-state index in [-0.39, 0.29) is 24.8 Å². The van der Waals surface area contributed by atoms with Gasteiger partial charge >= 0.3 is 6.03 Å². The zero-order chi connectivity index (χ0) is 32.4. The summed E-state index contributed by atoms with van der Waals surface area (Å²) >= 11 is 0. The van der Waals surface area contributed by atoms with Gasteiger partial charge in [0.15, 0.2) is 6.29 Å². The molecule has 0 aromatic heterocycles. The predicted molar refractivity (Wildman–Crippen MR) is 184 cm³/mol. The molecule has 2 aliphatic rings. The SMILES string of the molecule is C=CCN(CC1CC(c2ccc(CO)cc2)OC(c2cccc(NC(=O)Nc3ccc(Oc4ccccc4)cc3)c2)O1)C1CCCC1. The van der Waals surface area contributed by atoms with Crippen LogP contribution in [0, 0.1) is 0 Å². The Labute approximate surface area is 277 Å². The molecule has 4 aromatic rings. The minimum absolute atomic E-state index is 0.000575. The van der Waals surface area contributed by atoms with Gasteiger partial charge in [-0.3, -0.25) is 4.90 Å². The van der Waals surface area contributed by atoms with E-state index in [2.05, 4.69) is 22.1 Å². The first-order valence-corrected chi connectivity index (χ1v) is 16.4. The van der Waals surface area contributed by atoms with Gasteiger partial charge in [0.05, 0.1) is 18.8 Å². The highest BCUT2D eigenvalue weighted by atomic mass is 16.7. The summed E-state index contributed by atoms with van der Waals surface area (Å²) in [6.07, 6.45) is 6.75. The molecule has 47 heavy (non-hydrogen) atoms. The molecule has 1 heterocycles. The van der Waals surface area contributed by atoms with Crippen molar-refractivity contribution in [2.75, 3.05) is 23.7 Å². The molecule has 1 aliphatic carbocycles. The Balaban J connectivity index is 1.13. The number of rotatable bonds is 12. The van der Waals surface area contributed by atoms with E-state index in [1.165, 1.54) is 25.7 Å². The summed E-state index contributed by atoms with van der Waals surface area (Å²) in [6, 6.07) is 32.5. The molecule has 0 spiro atoms. The van der Waals surface area contributed by atoms with Crippen LogP contribution >= 0.6 is 0 Å². The number of hydrogen-bond acceptors (Lipinski definition) is 6. The highest BCUT2D eigenvalue weighted by Gasteiger charge is 2.34. The van der Waals surface area contributed by atoms with Crippen LogP contribution in [0.1, 0.15) is 61.2 Å². The number of aliphatic hydroxyl groups excluding tert-OH is 1. The molecule has 0 radical (unpaired) electrons. The monoisotopic (exact) mass is 633 g/mol. The zero-order valence-corrected chi connectivity index (χ0v) is 26.6. The van der Waals surface area contributed by atoms with Crippen LogP contribution in [0.2, 0.25) is 0 Å². The molecule has 1 saturated heterocycles. The molecule has 244 valence electrons. The van der Waals surface area contributed by atoms with Crippen LogP contribution in [0.5, 0.6) is 11.5 Å². The van der Waals surface area contributed by atoms with Crippen molar-refractivity contribution in [1.29, 1.82) is 0 Å². The first-order valence-electron chi connectivity index (χ1n) is 16.4. The molecule has 3 atom stereocenters. The fraction of sp³-hybridized carbons (Fsp3) is 0.308. The number of nitrogens with one attached hydrogen (secondary N) is 2. The lowest BCUT2D eigenvalue weighted by Gasteiger charge is -2.39. The summed E-state index contributed by atoms with van der Waals surface area (Å²) < 4.78 is 19.1. The van der Waals surface area contributed by atoms with Crippen LogP contribution in [0.3, 0.4) is 0 Å². The Hall–Kier alpha value is -4.47. The maximum Gasteiger partial charge on any atom is 0.323 e. The molecule has 3 unspecified atom stereocenters. The smallest absolute Gasteiger partial charge is 0.323 e. The van der Waals surface area contributed by atoms with Crippen molar-refractivity contribution in [3.05, 3.63) is 132 Å². The molecular formula is C39H43N3O5. The molecule has 3 N–H and O–H groups in total. The molecule has 2 amide bonds. The number of para-hydroxylation sites is 1. The third-order valence-electron chi connectivity index (χ3n) is 8.77. The second-order valence-electron chi connectivity index (χ2n) is 12.2. The molecule has 2 fully saturated rings. The minimum Gasteiger partial charge on any atom is -0.457 e. The van der Waals surface area contributed by atoms with Crippen LogP contribution < -0.4 is 15.4 Å². The van der Waals surface area contributed by atoms with E-state index >= 15 is 0 Å². The average Bonchev–Trinajstić information content (AvgIpc) is 3.65. The lowest BCUT2D eigenvalue weighted by Crippen LogP contribution is -2.43. The Bertz CT molecular complexity index is 1590. The standard InChI is InChI=1S/C39H43N3O5/c1-2-23-42(33-11-6-7-12-33)26-36-25-37(29-17-15-28(27-43)16-18-29)47-38(46-36)30-9-8-10-32(24-30)41-39(44)40-31-19-21-35(22-20-31)45-34-13-4-3-5-14-34/h2-5,8-10,13-22,24,33,36-38,43H,1,6-7,11-12,23,25-27H2,(H2,40,41,44). The second-order valence-corrected chi connectivity index (χ2v) is 12.2. The third-order valence-corrected chi connectivity index (χ3v) is 8.77. The highest BCUT2D eigenvalue weighted by molar-refractivity contribution is 5.99. The first kappa shape index (κ1) is 32.5. The van der Waals surface area contributed by atoms with Gasteiger partial charge < -0.3 is 30.0 Å². The van der Waals surface area contributed by atoms with Gasteiger partial charge in [0.1, 0.15) is 11.5 Å². The summed E-state index contributed by atoms with van der Waals surface area (Å²) in [6.45, 7) is 5.62. The topological polar surface area (TPSA) is 92.3 Å². The van der Waals surface area contributed by atoms with Crippen molar-refractivity contribution in [1.82, 2.24) is 4.90 Å². The number of aliphatic hydroxyl groups is 1. The molecule has 0 bridgehead atoms. The number of hydrogen-bond donors (Lipinski definition) is 3. The van der Waals surface area contributed by atoms with E-state index in [1.54, 1.807) is 12.1 Å². The van der Waals surface area contributed by atoms with E-state index < -0.39 is 6.29 Å². The molecule has 8 heteroatoms. The van der Waals surface area contributed by atoms with Crippen LogP contribution in [-0.4, -0.2) is 41.3 Å². The van der Waals surface area contributed by atoms with E-state index in [1.807, 2.05) is 97.1 Å². The average molecular weight is 634 g/mol. The minimum atomic E-state index is -0.618. The fourth-order valence-corrected chi connectivity index (χ4v) is 6.39. The number of urea groups is 1. The third kappa shape index (κ3) is 8.87. The maximum absolute atomic E-state index is 12.9. The van der Waals surface area contributed by atoms with E-state index in [0.29, 0.717) is 29.6 Å². The van der Waals surface area contributed by atoms with Crippen LogP contribution in [0.25, 0.3) is 0 Å². The summed E-state index contributed by atoms with van der Waals surface area (Å²) in [7, 11) is 0. The largest absolute Gasteiger partial charge is 0.457 e. The Morgan fingerprint density at radius 1 is 0.851 bits per heavy atom. The quantitative estimate of drug-likeness (QED) is 0.135. The van der Waals surface area contributed by atoms with Gasteiger partial charge in [-0.2, -0.15) is 0 Å². The lowest BCUT2D eigenvalue weighted by atomic mass is 9.99. The molecule has 1 aliphatic heterocycles. The number of carbonyl (C=O) groups excluding carboxylic acids is 1. The van der Waals surface area contributed by atoms with E-state index in [4.69, 9.17) is 14.2 Å². The van der Waals surface area contributed by atoms with Crippen LogP contribution in [-0.2, 0) is 16.1 Å². The van der Waals surface area contributed by atoms with Gasteiger partial charge in [0, 0.05) is 42.5 Å². The summed E-state index contributed by atoms with van der Waals surface area (Å²) in [5.74, 6) is 1.43. The highest BCUT2D eigenvalue weighted by Crippen LogP contribution is 2.39. The lowest BCUT2D eigenvalue weighted by molar-refractivity contribution is -0.253. The molecule has 6 rings (SSSR count). The van der Waals surface area contributed by atoms with Crippen molar-refractivity contribution < 1.29 is 24.1 Å². The Morgan fingerprint density at radius 2 is 1.57 bits per heavy atom. The first-order chi connectivity index (χ1) is 23.1. The van der Waals surface area contributed by atoms with Gasteiger partial charge in [0.2, 0.25) is 0 Å². The number of anilines is 2. The normalized spacial score (nSPS) is 19.7. The summed E-state index contributed by atoms with van der Waals surface area (Å²) in [5.41, 5.74) is 4.00. The zero-order valence-electron chi connectivity index (χ0n) is 26.6. The van der Waals surface area contributed by atoms with Gasteiger partial charge in [0.25, 0.3) is 0 Å².